The zero-order chi connectivity index (χ0) is 14.8. The highest BCUT2D eigenvalue weighted by molar-refractivity contribution is 5.25. The maximum absolute atomic E-state index is 4.45. The average molecular weight is 284 g/mol. The van der Waals surface area contributed by atoms with Gasteiger partial charge in [-0.25, -0.2) is 0 Å². The summed E-state index contributed by atoms with van der Waals surface area (Å²) < 4.78 is 0. The van der Waals surface area contributed by atoms with Gasteiger partial charge >= 0.3 is 0 Å². The maximum atomic E-state index is 4.45. The third kappa shape index (κ3) is 1.93. The summed E-state index contributed by atoms with van der Waals surface area (Å²) in [5.74, 6) is 5.56. The van der Waals surface area contributed by atoms with Crippen LogP contribution in [0.4, 0.5) is 0 Å². The molecule has 7 atom stereocenters. The first-order valence-electron chi connectivity index (χ1n) is 9.40. The van der Waals surface area contributed by atoms with Crippen LogP contribution < -0.4 is 0 Å². The van der Waals surface area contributed by atoms with Crippen molar-refractivity contribution < 1.29 is 0 Å². The van der Waals surface area contributed by atoms with E-state index >= 15 is 0 Å². The molecule has 3 saturated carbocycles. The first-order valence-corrected chi connectivity index (χ1v) is 9.40. The predicted molar refractivity (Wildman–Crippen MR) is 89.9 cm³/mol. The van der Waals surface area contributed by atoms with Crippen molar-refractivity contribution >= 4 is 0 Å². The van der Waals surface area contributed by atoms with Crippen molar-refractivity contribution in [3.8, 4) is 0 Å². The summed E-state index contributed by atoms with van der Waals surface area (Å²) in [4.78, 5) is 0. The van der Waals surface area contributed by atoms with E-state index in [9.17, 15) is 0 Å². The van der Waals surface area contributed by atoms with Crippen LogP contribution in [0.2, 0.25) is 0 Å². The summed E-state index contributed by atoms with van der Waals surface area (Å²) in [7, 11) is 0. The van der Waals surface area contributed by atoms with Gasteiger partial charge in [-0.15, -0.1) is 0 Å². The lowest BCUT2D eigenvalue weighted by atomic mass is 9.50. The highest BCUT2D eigenvalue weighted by atomic mass is 14.6. The second-order valence-corrected chi connectivity index (χ2v) is 9.00. The lowest BCUT2D eigenvalue weighted by Crippen LogP contribution is -2.46. The second kappa shape index (κ2) is 4.74. The normalized spacial score (nSPS) is 52.7. The molecule has 0 aromatic carbocycles. The summed E-state index contributed by atoms with van der Waals surface area (Å²) in [6, 6.07) is 0. The number of hydrogen-bond donors (Lipinski definition) is 0. The van der Waals surface area contributed by atoms with E-state index in [-0.39, 0.29) is 0 Å². The predicted octanol–water partition coefficient (Wildman–Crippen LogP) is 6.00. The van der Waals surface area contributed by atoms with Gasteiger partial charge in [-0.2, -0.15) is 0 Å². The Labute approximate surface area is 131 Å². The van der Waals surface area contributed by atoms with E-state index in [0.717, 1.165) is 35.5 Å². The lowest BCUT2D eigenvalue weighted by molar-refractivity contribution is -0.000362. The first kappa shape index (κ1) is 14.1. The molecule has 116 valence electrons. The molecule has 0 aromatic rings. The molecule has 21 heavy (non-hydrogen) atoms. The van der Waals surface area contributed by atoms with Gasteiger partial charge < -0.3 is 0 Å². The quantitative estimate of drug-likeness (QED) is 0.479. The minimum Gasteiger partial charge on any atom is -0.0993 e. The summed E-state index contributed by atoms with van der Waals surface area (Å²) >= 11 is 0. The fourth-order valence-corrected chi connectivity index (χ4v) is 6.74. The molecule has 4 rings (SSSR count). The van der Waals surface area contributed by atoms with Crippen LogP contribution in [0.3, 0.4) is 0 Å². The summed E-state index contributed by atoms with van der Waals surface area (Å²) in [6.45, 7) is 11.9. The van der Waals surface area contributed by atoms with Crippen molar-refractivity contribution in [2.24, 2.45) is 40.9 Å². The van der Waals surface area contributed by atoms with Crippen molar-refractivity contribution in [3.63, 3.8) is 0 Å². The van der Waals surface area contributed by atoms with Crippen LogP contribution in [-0.4, -0.2) is 0 Å². The molecule has 0 bridgehead atoms. The van der Waals surface area contributed by atoms with Crippen LogP contribution in [0.5, 0.6) is 0 Å². The van der Waals surface area contributed by atoms with Gasteiger partial charge in [-0.3, -0.25) is 0 Å². The molecule has 0 aromatic heterocycles. The van der Waals surface area contributed by atoms with E-state index in [4.69, 9.17) is 0 Å². The molecule has 0 heterocycles. The molecule has 4 aliphatic carbocycles. The number of hydrogen-bond acceptors (Lipinski definition) is 0. The highest BCUT2D eigenvalue weighted by Crippen LogP contribution is 2.64. The van der Waals surface area contributed by atoms with E-state index in [1.807, 2.05) is 5.57 Å². The number of rotatable bonds is 0. The van der Waals surface area contributed by atoms with Crippen molar-refractivity contribution in [2.75, 3.05) is 0 Å². The van der Waals surface area contributed by atoms with E-state index < -0.39 is 0 Å². The molecule has 0 aliphatic heterocycles. The van der Waals surface area contributed by atoms with Crippen molar-refractivity contribution in [1.29, 1.82) is 0 Å². The fourth-order valence-electron chi connectivity index (χ4n) is 6.74. The molecule has 0 nitrogen and oxygen atoms in total. The van der Waals surface area contributed by atoms with Crippen LogP contribution >= 0.6 is 0 Å². The Bertz CT molecular complexity index is 484. The third-order valence-electron chi connectivity index (χ3n) is 8.00. The number of allylic oxidation sites excluding steroid dienone is 3. The Balaban J connectivity index is 1.67. The molecule has 4 aliphatic rings. The standard InChI is InChI=1S/C21H32/c1-13-5-7-16-17-9-10-21(4)15(3)6-8-20(21)19(17)12-14(2)18(16)11-13/h11,13-14,16-17,19-20H,3,5-10,12H2,1-2,4H3/t13?,14-,16+,17?,19?,20?,21?/m0/s1. The lowest BCUT2D eigenvalue weighted by Gasteiger charge is -2.55. The molecule has 0 heteroatoms. The van der Waals surface area contributed by atoms with Gasteiger partial charge in [0, 0.05) is 0 Å². The van der Waals surface area contributed by atoms with E-state index in [0.29, 0.717) is 5.41 Å². The van der Waals surface area contributed by atoms with Gasteiger partial charge in [0.05, 0.1) is 0 Å². The van der Waals surface area contributed by atoms with Crippen LogP contribution in [0.1, 0.15) is 65.7 Å². The summed E-state index contributed by atoms with van der Waals surface area (Å²) in [5.41, 5.74) is 3.93. The SMILES string of the molecule is C=C1CCC2C3C[C@H](C)C4=CC(C)CC[C@@H]4C3CCC12C. The van der Waals surface area contributed by atoms with Crippen LogP contribution in [-0.2, 0) is 0 Å². The van der Waals surface area contributed by atoms with E-state index in [1.54, 1.807) is 5.57 Å². The van der Waals surface area contributed by atoms with Gasteiger partial charge in [-0.05, 0) is 85.9 Å². The van der Waals surface area contributed by atoms with Crippen LogP contribution in [0, 0.1) is 40.9 Å². The molecule has 0 spiro atoms. The number of fused-ring (bicyclic) bond motifs is 5. The van der Waals surface area contributed by atoms with Crippen LogP contribution in [0.25, 0.3) is 0 Å². The van der Waals surface area contributed by atoms with Gasteiger partial charge in [0.25, 0.3) is 0 Å². The first-order chi connectivity index (χ1) is 10.0. The van der Waals surface area contributed by atoms with Gasteiger partial charge in [-0.1, -0.05) is 44.6 Å². The smallest absolute Gasteiger partial charge is 0.00879 e. The van der Waals surface area contributed by atoms with E-state index in [2.05, 4.69) is 33.4 Å². The Morgan fingerprint density at radius 1 is 1.10 bits per heavy atom. The molecule has 0 N–H and O–H groups in total. The molecular weight excluding hydrogens is 252 g/mol. The van der Waals surface area contributed by atoms with Gasteiger partial charge in [0.2, 0.25) is 0 Å². The van der Waals surface area contributed by atoms with Gasteiger partial charge in [0.15, 0.2) is 0 Å². The summed E-state index contributed by atoms with van der Waals surface area (Å²) in [5, 5.41) is 0. The molecule has 5 unspecified atom stereocenters. The van der Waals surface area contributed by atoms with Crippen molar-refractivity contribution in [3.05, 3.63) is 23.8 Å². The molecule has 0 radical (unpaired) electrons. The minimum atomic E-state index is 0.490. The molecule has 3 fully saturated rings. The summed E-state index contributed by atoms with van der Waals surface area (Å²) in [6.07, 6.45) is 12.7. The maximum Gasteiger partial charge on any atom is -0.00879 e. The largest absolute Gasteiger partial charge is 0.0993 e. The zero-order valence-electron chi connectivity index (χ0n) is 14.2. The van der Waals surface area contributed by atoms with Crippen molar-refractivity contribution in [1.82, 2.24) is 0 Å². The Morgan fingerprint density at radius 3 is 2.71 bits per heavy atom. The third-order valence-corrected chi connectivity index (χ3v) is 8.00. The monoisotopic (exact) mass is 284 g/mol. The molecular formula is C21H32. The van der Waals surface area contributed by atoms with Crippen LogP contribution in [0.15, 0.2) is 23.8 Å². The zero-order valence-corrected chi connectivity index (χ0v) is 14.2. The highest BCUT2D eigenvalue weighted by Gasteiger charge is 2.54. The topological polar surface area (TPSA) is 0 Å². The van der Waals surface area contributed by atoms with E-state index in [1.165, 1.54) is 44.9 Å². The average Bonchev–Trinajstić information content (AvgIpc) is 2.76. The van der Waals surface area contributed by atoms with Crippen molar-refractivity contribution in [2.45, 2.75) is 65.7 Å². The second-order valence-electron chi connectivity index (χ2n) is 9.00. The fraction of sp³-hybridized carbons (Fsp3) is 0.810. The Morgan fingerprint density at radius 2 is 1.90 bits per heavy atom. The Kier molecular flexibility index (Phi) is 3.18. The minimum absolute atomic E-state index is 0.490. The molecule has 0 saturated heterocycles. The molecule has 0 amide bonds. The Hall–Kier alpha value is -0.520. The van der Waals surface area contributed by atoms with Gasteiger partial charge in [0.1, 0.15) is 0 Å².